The van der Waals surface area contributed by atoms with Gasteiger partial charge in [0.05, 0.1) is 0 Å². The van der Waals surface area contributed by atoms with Crippen molar-refractivity contribution in [1.29, 1.82) is 0 Å². The molecule has 0 saturated heterocycles. The predicted octanol–water partition coefficient (Wildman–Crippen LogP) is 2.63. The molecule has 2 aliphatic carbocycles. The van der Waals surface area contributed by atoms with Gasteiger partial charge in [-0.15, -0.1) is 0 Å². The van der Waals surface area contributed by atoms with Gasteiger partial charge in [0.25, 0.3) is 0 Å². The normalized spacial score (nSPS) is 21.3. The molecule has 0 bridgehead atoms. The van der Waals surface area contributed by atoms with Crippen LogP contribution in [-0.2, 0) is 9.59 Å². The zero-order chi connectivity index (χ0) is 17.3. The van der Waals surface area contributed by atoms with Crippen molar-refractivity contribution in [1.82, 2.24) is 5.32 Å². The molecular formula is C19H24N2O4. The number of anilines is 1. The van der Waals surface area contributed by atoms with Crippen LogP contribution in [0.4, 0.5) is 5.69 Å². The van der Waals surface area contributed by atoms with Crippen LogP contribution in [0.1, 0.15) is 44.9 Å². The van der Waals surface area contributed by atoms with E-state index in [1.54, 1.807) is 18.2 Å². The highest BCUT2D eigenvalue weighted by Gasteiger charge is 2.56. The van der Waals surface area contributed by atoms with Gasteiger partial charge in [0.2, 0.25) is 11.8 Å². The fourth-order valence-electron chi connectivity index (χ4n) is 3.62. The molecule has 0 spiro atoms. The molecule has 0 aromatic heterocycles. The van der Waals surface area contributed by atoms with E-state index in [9.17, 15) is 9.59 Å². The summed E-state index contributed by atoms with van der Waals surface area (Å²) in [5.74, 6) is 0.966. The Bertz CT molecular complexity index is 678. The lowest BCUT2D eigenvalue weighted by Crippen LogP contribution is -2.45. The molecule has 2 fully saturated rings. The molecule has 0 unspecified atom stereocenters. The lowest BCUT2D eigenvalue weighted by atomic mass is 9.94. The van der Waals surface area contributed by atoms with Crippen molar-refractivity contribution in [3.63, 3.8) is 0 Å². The lowest BCUT2D eigenvalue weighted by Gasteiger charge is -2.25. The third kappa shape index (κ3) is 3.30. The number of hydrogen-bond donors (Lipinski definition) is 2. The van der Waals surface area contributed by atoms with Crippen molar-refractivity contribution in [3.8, 4) is 11.5 Å². The summed E-state index contributed by atoms with van der Waals surface area (Å²) in [6, 6.07) is 5.54. The van der Waals surface area contributed by atoms with Crippen LogP contribution in [0.3, 0.4) is 0 Å². The molecule has 1 heterocycles. The highest BCUT2D eigenvalue weighted by molar-refractivity contribution is 6.13. The second kappa shape index (κ2) is 6.58. The topological polar surface area (TPSA) is 76.7 Å². The van der Waals surface area contributed by atoms with Crippen molar-refractivity contribution in [2.45, 2.75) is 51.0 Å². The van der Waals surface area contributed by atoms with E-state index < -0.39 is 5.41 Å². The van der Waals surface area contributed by atoms with Gasteiger partial charge < -0.3 is 20.1 Å². The summed E-state index contributed by atoms with van der Waals surface area (Å²) in [6.07, 6.45) is 6.81. The molecule has 0 atom stereocenters. The number of benzene rings is 1. The molecule has 2 saturated carbocycles. The number of carbonyl (C=O) groups is 2. The monoisotopic (exact) mass is 344 g/mol. The second-order valence-corrected chi connectivity index (χ2v) is 7.20. The van der Waals surface area contributed by atoms with Crippen molar-refractivity contribution in [3.05, 3.63) is 18.2 Å². The van der Waals surface area contributed by atoms with Gasteiger partial charge in [-0.05, 0) is 37.8 Å². The van der Waals surface area contributed by atoms with Crippen LogP contribution >= 0.6 is 0 Å². The van der Waals surface area contributed by atoms with Crippen LogP contribution < -0.4 is 20.1 Å². The average Bonchev–Trinajstić information content (AvgIpc) is 3.44. The maximum atomic E-state index is 12.7. The quantitative estimate of drug-likeness (QED) is 0.823. The number of ether oxygens (including phenoxy) is 2. The Hall–Kier alpha value is -2.24. The van der Waals surface area contributed by atoms with E-state index in [1.165, 1.54) is 6.42 Å². The second-order valence-electron chi connectivity index (χ2n) is 7.20. The maximum absolute atomic E-state index is 12.7. The minimum atomic E-state index is -0.898. The minimum Gasteiger partial charge on any atom is -0.486 e. The first-order valence-electron chi connectivity index (χ1n) is 9.19. The first kappa shape index (κ1) is 16.2. The van der Waals surface area contributed by atoms with Gasteiger partial charge in [-0.2, -0.15) is 0 Å². The first-order chi connectivity index (χ1) is 12.2. The van der Waals surface area contributed by atoms with E-state index in [1.807, 2.05) is 0 Å². The van der Waals surface area contributed by atoms with Crippen LogP contribution in [0.5, 0.6) is 11.5 Å². The van der Waals surface area contributed by atoms with E-state index in [-0.39, 0.29) is 17.9 Å². The number of fused-ring (bicyclic) bond motifs is 1. The fraction of sp³-hybridized carbons (Fsp3) is 0.579. The largest absolute Gasteiger partial charge is 0.486 e. The Morgan fingerprint density at radius 3 is 2.40 bits per heavy atom. The van der Waals surface area contributed by atoms with Crippen LogP contribution in [-0.4, -0.2) is 31.1 Å². The number of amides is 2. The van der Waals surface area contributed by atoms with Crippen molar-refractivity contribution < 1.29 is 19.1 Å². The third-order valence-electron chi connectivity index (χ3n) is 5.36. The molecule has 134 valence electrons. The fourth-order valence-corrected chi connectivity index (χ4v) is 3.62. The van der Waals surface area contributed by atoms with Gasteiger partial charge in [-0.1, -0.05) is 19.3 Å². The third-order valence-corrected chi connectivity index (χ3v) is 5.36. The molecule has 0 radical (unpaired) electrons. The van der Waals surface area contributed by atoms with E-state index in [0.29, 0.717) is 43.2 Å². The Balaban J connectivity index is 1.40. The smallest absolute Gasteiger partial charge is 0.240 e. The number of nitrogens with one attached hydrogen (secondary N) is 2. The standard InChI is InChI=1S/C19H24N2O4/c22-17(20-13-4-2-1-3-5-13)19(8-9-19)18(23)21-14-6-7-15-16(12-14)25-11-10-24-15/h6-7,12-13H,1-5,8-11H2,(H,20,22)(H,21,23). The molecule has 1 aromatic rings. The summed E-state index contributed by atoms with van der Waals surface area (Å²) in [6.45, 7) is 1.03. The maximum Gasteiger partial charge on any atom is 0.240 e. The first-order valence-corrected chi connectivity index (χ1v) is 9.19. The molecule has 2 amide bonds. The van der Waals surface area contributed by atoms with Gasteiger partial charge in [0.15, 0.2) is 11.5 Å². The average molecular weight is 344 g/mol. The van der Waals surface area contributed by atoms with E-state index in [0.717, 1.165) is 25.7 Å². The zero-order valence-corrected chi connectivity index (χ0v) is 14.3. The summed E-state index contributed by atoms with van der Waals surface area (Å²) >= 11 is 0. The van der Waals surface area contributed by atoms with Gasteiger partial charge >= 0.3 is 0 Å². The van der Waals surface area contributed by atoms with Crippen LogP contribution in [0.2, 0.25) is 0 Å². The predicted molar refractivity (Wildman–Crippen MR) is 92.7 cm³/mol. The van der Waals surface area contributed by atoms with Gasteiger partial charge in [-0.25, -0.2) is 0 Å². The highest BCUT2D eigenvalue weighted by atomic mass is 16.6. The molecule has 1 aliphatic heterocycles. The summed E-state index contributed by atoms with van der Waals surface area (Å²) < 4.78 is 11.0. The van der Waals surface area contributed by atoms with Gasteiger partial charge in [0, 0.05) is 17.8 Å². The van der Waals surface area contributed by atoms with Crippen LogP contribution in [0, 0.1) is 5.41 Å². The Kier molecular flexibility index (Phi) is 4.27. The van der Waals surface area contributed by atoms with E-state index in [2.05, 4.69) is 10.6 Å². The summed E-state index contributed by atoms with van der Waals surface area (Å²) in [7, 11) is 0. The van der Waals surface area contributed by atoms with Crippen LogP contribution in [0.15, 0.2) is 18.2 Å². The molecule has 6 nitrogen and oxygen atoms in total. The molecule has 25 heavy (non-hydrogen) atoms. The molecule has 3 aliphatic rings. The highest BCUT2D eigenvalue weighted by Crippen LogP contribution is 2.47. The summed E-state index contributed by atoms with van der Waals surface area (Å²) in [4.78, 5) is 25.3. The molecule has 1 aromatic carbocycles. The number of rotatable bonds is 4. The van der Waals surface area contributed by atoms with Crippen LogP contribution in [0.25, 0.3) is 0 Å². The zero-order valence-electron chi connectivity index (χ0n) is 14.3. The number of hydrogen-bond acceptors (Lipinski definition) is 4. The van der Waals surface area contributed by atoms with Gasteiger partial charge in [0.1, 0.15) is 18.6 Å². The van der Waals surface area contributed by atoms with E-state index in [4.69, 9.17) is 9.47 Å². The number of carbonyl (C=O) groups excluding carboxylic acids is 2. The van der Waals surface area contributed by atoms with Crippen molar-refractivity contribution in [2.75, 3.05) is 18.5 Å². The molecule has 2 N–H and O–H groups in total. The Morgan fingerprint density at radius 1 is 0.960 bits per heavy atom. The van der Waals surface area contributed by atoms with Gasteiger partial charge in [-0.3, -0.25) is 9.59 Å². The van der Waals surface area contributed by atoms with Crippen molar-refractivity contribution >= 4 is 17.5 Å². The Morgan fingerprint density at radius 2 is 1.68 bits per heavy atom. The summed E-state index contributed by atoms with van der Waals surface area (Å²) in [5, 5.41) is 5.97. The SMILES string of the molecule is O=C(Nc1ccc2c(c1)OCCO2)C1(C(=O)NC2CCCCC2)CC1. The summed E-state index contributed by atoms with van der Waals surface area (Å²) in [5.41, 5.74) is -0.268. The molecular weight excluding hydrogens is 320 g/mol. The lowest BCUT2D eigenvalue weighted by molar-refractivity contribution is -0.135. The van der Waals surface area contributed by atoms with Crippen molar-refractivity contribution in [2.24, 2.45) is 5.41 Å². The minimum absolute atomic E-state index is 0.116. The van der Waals surface area contributed by atoms with E-state index >= 15 is 0 Å². The molecule has 6 heteroatoms. The molecule has 4 rings (SSSR count). The Labute approximate surface area is 147 Å².